The molecule has 1 saturated heterocycles. The topological polar surface area (TPSA) is 97.9 Å². The van der Waals surface area contributed by atoms with Crippen molar-refractivity contribution in [1.29, 1.82) is 0 Å². The number of aliphatic hydroxyl groups excluding tert-OH is 1. The number of fused-ring (bicyclic) bond motifs is 2. The minimum Gasteiger partial charge on any atom is -0.390 e. The molecule has 0 unspecified atom stereocenters. The maximum Gasteiger partial charge on any atom is 0.256 e. The highest BCUT2D eigenvalue weighted by Gasteiger charge is 2.31. The summed E-state index contributed by atoms with van der Waals surface area (Å²) < 4.78 is 6.22. The van der Waals surface area contributed by atoms with Gasteiger partial charge in [-0.05, 0) is 43.5 Å². The average molecular weight is 529 g/mol. The summed E-state index contributed by atoms with van der Waals surface area (Å²) in [5.41, 5.74) is 5.31. The number of aromatic amines is 1. The number of aromatic nitrogens is 1. The van der Waals surface area contributed by atoms with Gasteiger partial charge in [-0.15, -0.1) is 0 Å². The molecule has 3 aliphatic heterocycles. The molecule has 1 aromatic carbocycles. The molecular formula is C25H29BrN4O4. The van der Waals surface area contributed by atoms with Crippen molar-refractivity contribution < 1.29 is 19.4 Å². The molecule has 9 heteroatoms. The number of β-amino-alcohol motifs (C(OH)–C–C–N with tert-alkyl or cyclic N) is 1. The number of halogens is 1. The molecule has 5 rings (SSSR count). The first-order valence-corrected chi connectivity index (χ1v) is 12.5. The van der Waals surface area contributed by atoms with E-state index in [1.165, 1.54) is 0 Å². The lowest BCUT2D eigenvalue weighted by Crippen LogP contribution is -2.46. The van der Waals surface area contributed by atoms with Gasteiger partial charge in [0.1, 0.15) is 0 Å². The van der Waals surface area contributed by atoms with Gasteiger partial charge in [-0.1, -0.05) is 22.0 Å². The summed E-state index contributed by atoms with van der Waals surface area (Å²) in [6, 6.07) is 5.67. The highest BCUT2D eigenvalue weighted by molar-refractivity contribution is 9.10. The zero-order valence-electron chi connectivity index (χ0n) is 19.2. The second-order valence-electron chi connectivity index (χ2n) is 9.11. The highest BCUT2D eigenvalue weighted by atomic mass is 79.9. The van der Waals surface area contributed by atoms with Gasteiger partial charge in [-0.3, -0.25) is 14.5 Å². The third-order valence-electron chi connectivity index (χ3n) is 6.79. The first-order chi connectivity index (χ1) is 16.4. The summed E-state index contributed by atoms with van der Waals surface area (Å²) in [5, 5.41) is 13.6. The van der Waals surface area contributed by atoms with E-state index in [1.807, 2.05) is 31.2 Å². The number of morpholine rings is 1. The Morgan fingerprint density at radius 2 is 1.97 bits per heavy atom. The van der Waals surface area contributed by atoms with E-state index >= 15 is 0 Å². The van der Waals surface area contributed by atoms with Gasteiger partial charge in [0.15, 0.2) is 0 Å². The molecule has 34 heavy (non-hydrogen) atoms. The van der Waals surface area contributed by atoms with Gasteiger partial charge in [0, 0.05) is 54.1 Å². The van der Waals surface area contributed by atoms with Crippen molar-refractivity contribution in [3.8, 4) is 0 Å². The van der Waals surface area contributed by atoms with E-state index in [0.717, 1.165) is 58.6 Å². The minimum atomic E-state index is -0.611. The second kappa shape index (κ2) is 9.65. The molecule has 0 radical (unpaired) electrons. The Bertz CT molecular complexity index is 1150. The maximum atomic E-state index is 13.5. The van der Waals surface area contributed by atoms with Crippen LogP contribution in [-0.4, -0.2) is 83.7 Å². The Labute approximate surface area is 207 Å². The summed E-state index contributed by atoms with van der Waals surface area (Å²) in [6.45, 7) is 6.33. The van der Waals surface area contributed by atoms with Crippen LogP contribution in [0.4, 0.5) is 5.69 Å². The SMILES string of the molecule is Cc1c(C=C2C(=O)Nc3cccc(Br)c32)[nH]c2c1C(=O)N(C[C@@H](O)CN1CCOCC1)CCC2. The van der Waals surface area contributed by atoms with Crippen molar-refractivity contribution in [1.82, 2.24) is 14.8 Å². The number of rotatable bonds is 5. The van der Waals surface area contributed by atoms with Crippen molar-refractivity contribution in [2.75, 3.05) is 51.3 Å². The summed E-state index contributed by atoms with van der Waals surface area (Å²) in [7, 11) is 0. The Morgan fingerprint density at radius 3 is 2.76 bits per heavy atom. The standard InChI is InChI=1S/C25H29BrN4O4/c1-15-21(12-17-23-18(26)4-2-5-20(23)28-24(17)32)27-19-6-3-7-30(25(33)22(15)19)14-16(31)13-29-8-10-34-11-9-29/h2,4-5,12,16,27,31H,3,6-11,13-14H2,1H3,(H,28,32)/t16-/m0/s1. The van der Waals surface area contributed by atoms with E-state index in [2.05, 4.69) is 31.1 Å². The predicted molar refractivity (Wildman–Crippen MR) is 134 cm³/mol. The van der Waals surface area contributed by atoms with Crippen molar-refractivity contribution in [3.05, 3.63) is 50.8 Å². The number of H-pyrrole nitrogens is 1. The molecule has 3 aliphatic rings. The van der Waals surface area contributed by atoms with Gasteiger partial charge in [-0.2, -0.15) is 0 Å². The normalized spacial score (nSPS) is 20.8. The quantitative estimate of drug-likeness (QED) is 0.518. The Morgan fingerprint density at radius 1 is 1.18 bits per heavy atom. The number of carbonyl (C=O) groups is 2. The molecule has 1 aromatic heterocycles. The number of aryl methyl sites for hydroxylation is 1. The van der Waals surface area contributed by atoms with Crippen LogP contribution < -0.4 is 5.32 Å². The lowest BCUT2D eigenvalue weighted by Gasteiger charge is -2.31. The molecule has 0 spiro atoms. The van der Waals surface area contributed by atoms with Crippen LogP contribution >= 0.6 is 15.9 Å². The zero-order chi connectivity index (χ0) is 23.8. The lowest BCUT2D eigenvalue weighted by molar-refractivity contribution is -0.110. The third-order valence-corrected chi connectivity index (χ3v) is 7.45. The number of nitrogens with zero attached hydrogens (tertiary/aromatic N) is 2. The number of carbonyl (C=O) groups excluding carboxylic acids is 2. The number of hydrogen-bond donors (Lipinski definition) is 3. The molecule has 2 amide bonds. The number of ether oxygens (including phenoxy) is 1. The molecule has 1 atom stereocenters. The van der Waals surface area contributed by atoms with Gasteiger partial charge in [0.2, 0.25) is 0 Å². The van der Waals surface area contributed by atoms with Gasteiger partial charge in [0.05, 0.1) is 36.1 Å². The van der Waals surface area contributed by atoms with Gasteiger partial charge in [0.25, 0.3) is 11.8 Å². The number of hydrogen-bond acceptors (Lipinski definition) is 5. The zero-order valence-corrected chi connectivity index (χ0v) is 20.8. The van der Waals surface area contributed by atoms with Gasteiger partial charge < -0.3 is 25.0 Å². The van der Waals surface area contributed by atoms with Crippen molar-refractivity contribution in [3.63, 3.8) is 0 Å². The fourth-order valence-corrected chi connectivity index (χ4v) is 5.64. The van der Waals surface area contributed by atoms with Gasteiger partial charge in [-0.25, -0.2) is 0 Å². The van der Waals surface area contributed by atoms with Crippen molar-refractivity contribution in [2.45, 2.75) is 25.9 Å². The maximum absolute atomic E-state index is 13.5. The van der Waals surface area contributed by atoms with E-state index in [0.29, 0.717) is 44.0 Å². The van der Waals surface area contributed by atoms with E-state index in [-0.39, 0.29) is 11.8 Å². The van der Waals surface area contributed by atoms with Crippen LogP contribution in [0, 0.1) is 6.92 Å². The number of amides is 2. The largest absolute Gasteiger partial charge is 0.390 e. The van der Waals surface area contributed by atoms with E-state index < -0.39 is 6.10 Å². The molecule has 8 nitrogen and oxygen atoms in total. The summed E-state index contributed by atoms with van der Waals surface area (Å²) in [6.07, 6.45) is 2.78. The number of nitrogens with one attached hydrogen (secondary N) is 2. The first-order valence-electron chi connectivity index (χ1n) is 11.7. The Hall–Kier alpha value is -2.46. The van der Waals surface area contributed by atoms with Crippen molar-refractivity contribution >= 4 is 45.1 Å². The fourth-order valence-electron chi connectivity index (χ4n) is 5.06. The molecule has 0 aliphatic carbocycles. The number of benzene rings is 1. The molecular weight excluding hydrogens is 500 g/mol. The van der Waals surface area contributed by atoms with Crippen LogP contribution in [0.15, 0.2) is 22.7 Å². The predicted octanol–water partition coefficient (Wildman–Crippen LogP) is 2.66. The first kappa shape index (κ1) is 23.3. The summed E-state index contributed by atoms with van der Waals surface area (Å²) in [5.74, 6) is -0.227. The smallest absolute Gasteiger partial charge is 0.256 e. The molecule has 180 valence electrons. The third kappa shape index (κ3) is 4.45. The molecule has 3 N–H and O–H groups in total. The molecule has 2 aromatic rings. The van der Waals surface area contributed by atoms with Crippen LogP contribution in [0.3, 0.4) is 0 Å². The number of aliphatic hydroxyl groups is 1. The molecule has 0 saturated carbocycles. The summed E-state index contributed by atoms with van der Waals surface area (Å²) >= 11 is 3.55. The Kier molecular flexibility index (Phi) is 6.61. The highest BCUT2D eigenvalue weighted by Crippen LogP contribution is 2.39. The lowest BCUT2D eigenvalue weighted by atomic mass is 10.0. The van der Waals surface area contributed by atoms with Crippen LogP contribution in [0.5, 0.6) is 0 Å². The van der Waals surface area contributed by atoms with E-state index in [4.69, 9.17) is 4.74 Å². The van der Waals surface area contributed by atoms with E-state index in [9.17, 15) is 14.7 Å². The monoisotopic (exact) mass is 528 g/mol. The second-order valence-corrected chi connectivity index (χ2v) is 9.97. The molecule has 1 fully saturated rings. The molecule has 4 heterocycles. The van der Waals surface area contributed by atoms with Crippen LogP contribution in [-0.2, 0) is 16.0 Å². The number of anilines is 1. The Balaban J connectivity index is 1.38. The fraction of sp³-hybridized carbons (Fsp3) is 0.440. The van der Waals surface area contributed by atoms with Crippen LogP contribution in [0.1, 0.15) is 39.3 Å². The molecule has 0 bridgehead atoms. The minimum absolute atomic E-state index is 0.0654. The van der Waals surface area contributed by atoms with Crippen LogP contribution in [0.25, 0.3) is 11.6 Å². The summed E-state index contributed by atoms with van der Waals surface area (Å²) in [4.78, 5) is 33.5. The van der Waals surface area contributed by atoms with E-state index in [1.54, 1.807) is 4.90 Å². The van der Waals surface area contributed by atoms with Crippen LogP contribution in [0.2, 0.25) is 0 Å². The van der Waals surface area contributed by atoms with Gasteiger partial charge >= 0.3 is 0 Å². The van der Waals surface area contributed by atoms with Crippen molar-refractivity contribution in [2.24, 2.45) is 0 Å². The average Bonchev–Trinajstić information content (AvgIpc) is 3.24.